The first-order valence-corrected chi connectivity index (χ1v) is 8.05. The highest BCUT2D eigenvalue weighted by Gasteiger charge is 2.05. The summed E-state index contributed by atoms with van der Waals surface area (Å²) in [7, 11) is 0. The van der Waals surface area contributed by atoms with Gasteiger partial charge in [-0.15, -0.1) is 0 Å². The number of unbranched alkanes of at least 4 members (excludes halogenated alkanes) is 3. The zero-order valence-corrected chi connectivity index (χ0v) is 12.6. The average molecular weight is 315 g/mol. The van der Waals surface area contributed by atoms with Gasteiger partial charge >= 0.3 is 0 Å². The third-order valence-corrected chi connectivity index (χ3v) is 4.11. The Balaban J connectivity index is 2.19. The maximum atomic E-state index is 11.8. The SMILES string of the molecule is CCCCCCSCC(=O)c1ccc(Br)cc1. The second kappa shape index (κ2) is 8.76. The van der Waals surface area contributed by atoms with Crippen LogP contribution in [0.4, 0.5) is 0 Å². The summed E-state index contributed by atoms with van der Waals surface area (Å²) in [6, 6.07) is 7.59. The lowest BCUT2D eigenvalue weighted by atomic mass is 10.2. The van der Waals surface area contributed by atoms with Crippen molar-refractivity contribution in [1.29, 1.82) is 0 Å². The third-order valence-electron chi connectivity index (χ3n) is 2.54. The monoisotopic (exact) mass is 314 g/mol. The molecule has 0 fully saturated rings. The van der Waals surface area contributed by atoms with Gasteiger partial charge in [0.05, 0.1) is 5.75 Å². The fourth-order valence-corrected chi connectivity index (χ4v) is 2.68. The van der Waals surface area contributed by atoms with Crippen LogP contribution in [0.3, 0.4) is 0 Å². The smallest absolute Gasteiger partial charge is 0.172 e. The Hall–Kier alpha value is -0.280. The van der Waals surface area contributed by atoms with Crippen molar-refractivity contribution in [3.8, 4) is 0 Å². The Morgan fingerprint density at radius 2 is 1.88 bits per heavy atom. The number of ketones is 1. The first-order valence-electron chi connectivity index (χ1n) is 6.10. The molecule has 0 aliphatic carbocycles. The Labute approximate surface area is 117 Å². The van der Waals surface area contributed by atoms with Gasteiger partial charge in [-0.1, -0.05) is 54.2 Å². The molecule has 94 valence electrons. The van der Waals surface area contributed by atoms with E-state index < -0.39 is 0 Å². The molecule has 1 aromatic carbocycles. The van der Waals surface area contributed by atoms with E-state index in [1.807, 2.05) is 24.3 Å². The van der Waals surface area contributed by atoms with Gasteiger partial charge in [0.2, 0.25) is 0 Å². The van der Waals surface area contributed by atoms with Crippen LogP contribution < -0.4 is 0 Å². The van der Waals surface area contributed by atoms with E-state index in [9.17, 15) is 4.79 Å². The van der Waals surface area contributed by atoms with Gasteiger partial charge in [-0.2, -0.15) is 11.8 Å². The molecule has 0 bridgehead atoms. The predicted molar refractivity (Wildman–Crippen MR) is 79.9 cm³/mol. The molecule has 0 aliphatic rings. The first-order chi connectivity index (χ1) is 8.24. The standard InChI is InChI=1S/C14H19BrOS/c1-2-3-4-5-10-17-11-14(16)12-6-8-13(15)9-7-12/h6-9H,2-5,10-11H2,1H3. The maximum Gasteiger partial charge on any atom is 0.172 e. The van der Waals surface area contributed by atoms with Gasteiger partial charge < -0.3 is 0 Å². The van der Waals surface area contributed by atoms with E-state index in [0.29, 0.717) is 5.75 Å². The molecule has 1 nitrogen and oxygen atoms in total. The number of carbonyl (C=O) groups is 1. The summed E-state index contributed by atoms with van der Waals surface area (Å²) in [5, 5.41) is 0. The maximum absolute atomic E-state index is 11.8. The zero-order chi connectivity index (χ0) is 12.5. The van der Waals surface area contributed by atoms with Gasteiger partial charge in [-0.3, -0.25) is 4.79 Å². The fraction of sp³-hybridized carbons (Fsp3) is 0.500. The number of rotatable bonds is 8. The number of thioether (sulfide) groups is 1. The van der Waals surface area contributed by atoms with Crippen LogP contribution in [0.2, 0.25) is 0 Å². The summed E-state index contributed by atoms with van der Waals surface area (Å²) in [6.45, 7) is 2.21. The Bertz CT molecular complexity index is 335. The van der Waals surface area contributed by atoms with E-state index in [1.54, 1.807) is 11.8 Å². The number of Topliss-reactive ketones (excluding diaryl/α,β-unsaturated/α-hetero) is 1. The van der Waals surface area contributed by atoms with Crippen molar-refractivity contribution in [2.75, 3.05) is 11.5 Å². The van der Waals surface area contributed by atoms with Crippen LogP contribution in [0.25, 0.3) is 0 Å². The molecule has 1 rings (SSSR count). The molecule has 1 aromatic rings. The van der Waals surface area contributed by atoms with Crippen LogP contribution in [0.5, 0.6) is 0 Å². The van der Waals surface area contributed by atoms with Crippen LogP contribution in [0.15, 0.2) is 28.7 Å². The van der Waals surface area contributed by atoms with Crippen LogP contribution in [-0.2, 0) is 0 Å². The quantitative estimate of drug-likeness (QED) is 0.499. The van der Waals surface area contributed by atoms with E-state index in [4.69, 9.17) is 0 Å². The largest absolute Gasteiger partial charge is 0.293 e. The summed E-state index contributed by atoms with van der Waals surface area (Å²) >= 11 is 5.12. The molecular weight excluding hydrogens is 296 g/mol. The zero-order valence-electron chi connectivity index (χ0n) is 10.2. The van der Waals surface area contributed by atoms with Crippen molar-refractivity contribution in [3.63, 3.8) is 0 Å². The Morgan fingerprint density at radius 1 is 1.18 bits per heavy atom. The van der Waals surface area contributed by atoms with Crippen LogP contribution in [0.1, 0.15) is 43.0 Å². The van der Waals surface area contributed by atoms with Crippen molar-refractivity contribution in [3.05, 3.63) is 34.3 Å². The predicted octanol–water partition coefficient (Wildman–Crippen LogP) is 4.95. The second-order valence-corrected chi connectivity index (χ2v) is 6.06. The van der Waals surface area contributed by atoms with E-state index in [-0.39, 0.29) is 5.78 Å². The molecule has 0 radical (unpaired) electrons. The number of benzene rings is 1. The summed E-state index contributed by atoms with van der Waals surface area (Å²) in [6.07, 6.45) is 5.09. The van der Waals surface area contributed by atoms with Gasteiger partial charge in [-0.25, -0.2) is 0 Å². The van der Waals surface area contributed by atoms with E-state index in [2.05, 4.69) is 22.9 Å². The summed E-state index contributed by atoms with van der Waals surface area (Å²) in [5.41, 5.74) is 0.814. The summed E-state index contributed by atoms with van der Waals surface area (Å²) in [4.78, 5) is 11.8. The van der Waals surface area contributed by atoms with E-state index >= 15 is 0 Å². The molecule has 3 heteroatoms. The van der Waals surface area contributed by atoms with Crippen molar-refractivity contribution < 1.29 is 4.79 Å². The molecule has 0 saturated heterocycles. The topological polar surface area (TPSA) is 17.1 Å². The summed E-state index contributed by atoms with van der Waals surface area (Å²) < 4.78 is 1.02. The minimum Gasteiger partial charge on any atom is -0.293 e. The highest BCUT2D eigenvalue weighted by Crippen LogP contribution is 2.14. The molecular formula is C14H19BrOS. The van der Waals surface area contributed by atoms with Gasteiger partial charge in [0.25, 0.3) is 0 Å². The van der Waals surface area contributed by atoms with Gasteiger partial charge in [0.1, 0.15) is 0 Å². The van der Waals surface area contributed by atoms with Crippen molar-refractivity contribution in [2.45, 2.75) is 32.6 Å². The lowest BCUT2D eigenvalue weighted by molar-refractivity contribution is 0.102. The normalized spacial score (nSPS) is 10.5. The highest BCUT2D eigenvalue weighted by molar-refractivity contribution is 9.10. The highest BCUT2D eigenvalue weighted by atomic mass is 79.9. The molecule has 0 unspecified atom stereocenters. The van der Waals surface area contributed by atoms with Crippen molar-refractivity contribution in [1.82, 2.24) is 0 Å². The number of halogens is 1. The Kier molecular flexibility index (Phi) is 7.62. The molecule has 0 saturated carbocycles. The molecule has 0 N–H and O–H groups in total. The minimum atomic E-state index is 0.234. The number of carbonyl (C=O) groups excluding carboxylic acids is 1. The lowest BCUT2D eigenvalue weighted by Gasteiger charge is -2.02. The van der Waals surface area contributed by atoms with E-state index in [1.165, 1.54) is 25.7 Å². The average Bonchev–Trinajstić information content (AvgIpc) is 2.34. The first kappa shape index (κ1) is 14.8. The molecule has 0 heterocycles. The molecule has 0 amide bonds. The Morgan fingerprint density at radius 3 is 2.53 bits per heavy atom. The molecule has 0 aliphatic heterocycles. The van der Waals surface area contributed by atoms with Gasteiger partial charge in [0.15, 0.2) is 5.78 Å². The fourth-order valence-electron chi connectivity index (χ4n) is 1.51. The van der Waals surface area contributed by atoms with Crippen LogP contribution in [-0.4, -0.2) is 17.3 Å². The molecule has 0 atom stereocenters. The second-order valence-electron chi connectivity index (χ2n) is 4.04. The molecule has 0 aromatic heterocycles. The van der Waals surface area contributed by atoms with Crippen LogP contribution in [0, 0.1) is 0 Å². The van der Waals surface area contributed by atoms with Gasteiger partial charge in [0, 0.05) is 10.0 Å². The van der Waals surface area contributed by atoms with Crippen molar-refractivity contribution in [2.24, 2.45) is 0 Å². The van der Waals surface area contributed by atoms with Gasteiger partial charge in [-0.05, 0) is 24.3 Å². The molecule has 0 spiro atoms. The number of hydrogen-bond donors (Lipinski definition) is 0. The minimum absolute atomic E-state index is 0.234. The number of hydrogen-bond acceptors (Lipinski definition) is 2. The van der Waals surface area contributed by atoms with E-state index in [0.717, 1.165) is 15.8 Å². The van der Waals surface area contributed by atoms with Crippen LogP contribution >= 0.6 is 27.7 Å². The molecule has 17 heavy (non-hydrogen) atoms. The lowest BCUT2D eigenvalue weighted by Crippen LogP contribution is -2.02. The summed E-state index contributed by atoms with van der Waals surface area (Å²) in [5.74, 6) is 1.94. The third kappa shape index (κ3) is 6.27. The van der Waals surface area contributed by atoms with Crippen molar-refractivity contribution >= 4 is 33.5 Å².